The van der Waals surface area contributed by atoms with Gasteiger partial charge in [0.1, 0.15) is 0 Å². The second kappa shape index (κ2) is 7.26. The highest BCUT2D eigenvalue weighted by Crippen LogP contribution is 2.66. The Morgan fingerprint density at radius 2 is 1.79 bits per heavy atom. The van der Waals surface area contributed by atoms with Crippen LogP contribution in [-0.4, -0.2) is 16.2 Å². The van der Waals surface area contributed by atoms with Crippen LogP contribution in [-0.2, 0) is 0 Å². The van der Waals surface area contributed by atoms with Crippen LogP contribution < -0.4 is 5.73 Å². The van der Waals surface area contributed by atoms with Gasteiger partial charge in [0.05, 0.1) is 5.60 Å². The third-order valence-corrected chi connectivity index (χ3v) is 10.5. The van der Waals surface area contributed by atoms with E-state index in [9.17, 15) is 5.11 Å². The summed E-state index contributed by atoms with van der Waals surface area (Å²) >= 11 is 0. The minimum Gasteiger partial charge on any atom is -0.390 e. The fourth-order valence-corrected chi connectivity index (χ4v) is 8.91. The van der Waals surface area contributed by atoms with Crippen LogP contribution in [0.3, 0.4) is 0 Å². The fourth-order valence-electron chi connectivity index (χ4n) is 8.91. The van der Waals surface area contributed by atoms with Crippen LogP contribution in [0.15, 0.2) is 0 Å². The standard InChI is InChI=1S/C26H47NO/c1-17-10-15-26(27)19(16-17)6-7-20-22-9-8-21(18(2)11-13-24(3,4)28)25(22,5)14-12-23(20)26/h17-23,28H,6-16,27H2,1-5H3/t17?,18-,19?,20?,21?,22?,23?,25?,26?/m1/s1. The maximum atomic E-state index is 10.2. The van der Waals surface area contributed by atoms with Gasteiger partial charge in [0, 0.05) is 5.54 Å². The first kappa shape index (κ1) is 21.2. The van der Waals surface area contributed by atoms with E-state index in [1.54, 1.807) is 0 Å². The second-order valence-electron chi connectivity index (χ2n) is 12.7. The quantitative estimate of drug-likeness (QED) is 0.605. The molecule has 4 saturated carbocycles. The molecule has 4 aliphatic carbocycles. The minimum absolute atomic E-state index is 0.154. The molecule has 4 fully saturated rings. The zero-order valence-corrected chi connectivity index (χ0v) is 19.3. The molecule has 162 valence electrons. The van der Waals surface area contributed by atoms with Crippen molar-refractivity contribution in [1.29, 1.82) is 0 Å². The van der Waals surface area contributed by atoms with Gasteiger partial charge in [0.25, 0.3) is 0 Å². The normalized spacial score (nSPS) is 49.8. The highest BCUT2D eigenvalue weighted by atomic mass is 16.3. The number of hydrogen-bond donors (Lipinski definition) is 2. The van der Waals surface area contributed by atoms with Crippen LogP contribution >= 0.6 is 0 Å². The van der Waals surface area contributed by atoms with Crippen molar-refractivity contribution in [3.63, 3.8) is 0 Å². The van der Waals surface area contributed by atoms with Crippen molar-refractivity contribution in [2.24, 2.45) is 52.6 Å². The molecule has 0 spiro atoms. The second-order valence-corrected chi connectivity index (χ2v) is 12.7. The highest BCUT2D eigenvalue weighted by Gasteiger charge is 2.60. The maximum absolute atomic E-state index is 10.2. The topological polar surface area (TPSA) is 46.2 Å². The summed E-state index contributed by atoms with van der Waals surface area (Å²) in [6.07, 6.45) is 14.6. The average molecular weight is 390 g/mol. The average Bonchev–Trinajstić information content (AvgIpc) is 2.97. The van der Waals surface area contributed by atoms with Crippen LogP contribution in [0.25, 0.3) is 0 Å². The SMILES string of the molecule is CC1CCC2(N)C(CCC3C4CCC([C@H](C)CCC(C)(C)O)C4(C)CCC32)C1. The Morgan fingerprint density at radius 1 is 1.04 bits per heavy atom. The summed E-state index contributed by atoms with van der Waals surface area (Å²) in [6.45, 7) is 11.5. The number of nitrogens with two attached hydrogens (primary N) is 1. The van der Waals surface area contributed by atoms with E-state index in [0.29, 0.717) is 5.41 Å². The van der Waals surface area contributed by atoms with Crippen molar-refractivity contribution in [3.8, 4) is 0 Å². The van der Waals surface area contributed by atoms with Gasteiger partial charge in [-0.15, -0.1) is 0 Å². The Bertz CT molecular complexity index is 567. The van der Waals surface area contributed by atoms with E-state index < -0.39 is 5.60 Å². The molecule has 0 aromatic rings. The first-order valence-electron chi connectivity index (χ1n) is 12.6. The Kier molecular flexibility index (Phi) is 5.49. The third kappa shape index (κ3) is 3.49. The van der Waals surface area contributed by atoms with Crippen molar-refractivity contribution in [1.82, 2.24) is 0 Å². The smallest absolute Gasteiger partial charge is 0.0591 e. The summed E-state index contributed by atoms with van der Waals surface area (Å²) in [5.74, 6) is 5.85. The Labute approximate surface area is 174 Å². The first-order valence-corrected chi connectivity index (χ1v) is 12.6. The number of aliphatic hydroxyl groups is 1. The number of hydrogen-bond acceptors (Lipinski definition) is 2. The monoisotopic (exact) mass is 389 g/mol. The van der Waals surface area contributed by atoms with Crippen LogP contribution in [0.4, 0.5) is 0 Å². The Hall–Kier alpha value is -0.0800. The van der Waals surface area contributed by atoms with Gasteiger partial charge in [-0.25, -0.2) is 0 Å². The van der Waals surface area contributed by atoms with E-state index in [1.165, 1.54) is 64.2 Å². The van der Waals surface area contributed by atoms with Crippen molar-refractivity contribution in [2.45, 2.75) is 116 Å². The van der Waals surface area contributed by atoms with E-state index >= 15 is 0 Å². The molecule has 28 heavy (non-hydrogen) atoms. The van der Waals surface area contributed by atoms with Crippen molar-refractivity contribution in [3.05, 3.63) is 0 Å². The van der Waals surface area contributed by atoms with Crippen molar-refractivity contribution >= 4 is 0 Å². The molecule has 2 heteroatoms. The third-order valence-electron chi connectivity index (χ3n) is 10.5. The molecule has 0 heterocycles. The molecule has 2 nitrogen and oxygen atoms in total. The van der Waals surface area contributed by atoms with Crippen LogP contribution in [0.2, 0.25) is 0 Å². The van der Waals surface area contributed by atoms with Gasteiger partial charge in [-0.05, 0) is 131 Å². The zero-order chi connectivity index (χ0) is 20.3. The molecule has 4 aliphatic rings. The Morgan fingerprint density at radius 3 is 2.50 bits per heavy atom. The van der Waals surface area contributed by atoms with Gasteiger partial charge in [0.2, 0.25) is 0 Å². The molecular formula is C26H47NO. The molecule has 0 aliphatic heterocycles. The van der Waals surface area contributed by atoms with Gasteiger partial charge in [-0.3, -0.25) is 0 Å². The van der Waals surface area contributed by atoms with Gasteiger partial charge >= 0.3 is 0 Å². The minimum atomic E-state index is -0.521. The first-order chi connectivity index (χ1) is 13.0. The van der Waals surface area contributed by atoms with Crippen molar-refractivity contribution < 1.29 is 5.11 Å². The van der Waals surface area contributed by atoms with Gasteiger partial charge in [0.15, 0.2) is 0 Å². The van der Waals surface area contributed by atoms with Crippen molar-refractivity contribution in [2.75, 3.05) is 0 Å². The zero-order valence-electron chi connectivity index (χ0n) is 19.3. The molecular weight excluding hydrogens is 342 g/mol. The molecule has 0 saturated heterocycles. The largest absolute Gasteiger partial charge is 0.390 e. The number of rotatable bonds is 4. The lowest BCUT2D eigenvalue weighted by molar-refractivity contribution is -0.0866. The molecule has 0 radical (unpaired) electrons. The van der Waals surface area contributed by atoms with E-state index in [1.807, 2.05) is 13.8 Å². The molecule has 4 rings (SSSR count). The number of fused-ring (bicyclic) bond motifs is 5. The highest BCUT2D eigenvalue weighted by molar-refractivity contribution is 5.12. The van der Waals surface area contributed by atoms with Gasteiger partial charge in [-0.2, -0.15) is 0 Å². The van der Waals surface area contributed by atoms with Gasteiger partial charge in [-0.1, -0.05) is 20.8 Å². The summed E-state index contributed by atoms with van der Waals surface area (Å²) < 4.78 is 0. The molecule has 9 atom stereocenters. The molecule has 0 bridgehead atoms. The van der Waals surface area contributed by atoms with Gasteiger partial charge < -0.3 is 10.8 Å². The summed E-state index contributed by atoms with van der Waals surface area (Å²) in [4.78, 5) is 0. The summed E-state index contributed by atoms with van der Waals surface area (Å²) in [6, 6.07) is 0. The molecule has 3 N–H and O–H groups in total. The lowest BCUT2D eigenvalue weighted by atomic mass is 9.46. The maximum Gasteiger partial charge on any atom is 0.0591 e. The predicted molar refractivity (Wildman–Crippen MR) is 118 cm³/mol. The summed E-state index contributed by atoms with van der Waals surface area (Å²) in [5.41, 5.74) is 7.42. The van der Waals surface area contributed by atoms with E-state index in [2.05, 4.69) is 20.8 Å². The molecule has 0 aromatic heterocycles. The van der Waals surface area contributed by atoms with Crippen LogP contribution in [0, 0.1) is 46.8 Å². The van der Waals surface area contributed by atoms with E-state index in [0.717, 1.165) is 47.8 Å². The Balaban J connectivity index is 1.49. The van der Waals surface area contributed by atoms with Crippen LogP contribution in [0.1, 0.15) is 105 Å². The summed E-state index contributed by atoms with van der Waals surface area (Å²) in [7, 11) is 0. The van der Waals surface area contributed by atoms with Crippen LogP contribution in [0.5, 0.6) is 0 Å². The lowest BCUT2D eigenvalue weighted by Crippen LogP contribution is -2.63. The van der Waals surface area contributed by atoms with E-state index in [4.69, 9.17) is 5.73 Å². The molecule has 8 unspecified atom stereocenters. The predicted octanol–water partition coefficient (Wildman–Crippen LogP) is 6.16. The molecule has 0 amide bonds. The fraction of sp³-hybridized carbons (Fsp3) is 1.00. The summed E-state index contributed by atoms with van der Waals surface area (Å²) in [5, 5.41) is 10.2. The lowest BCUT2D eigenvalue weighted by Gasteiger charge is -2.61. The molecule has 0 aromatic carbocycles. The van der Waals surface area contributed by atoms with E-state index in [-0.39, 0.29) is 5.54 Å².